The molecule has 0 amide bonds. The van der Waals surface area contributed by atoms with Gasteiger partial charge < -0.3 is 9.05 Å². The zero-order valence-corrected chi connectivity index (χ0v) is 20.4. The molecule has 4 nitrogen and oxygen atoms in total. The summed E-state index contributed by atoms with van der Waals surface area (Å²) in [6.07, 6.45) is 7.74. The van der Waals surface area contributed by atoms with Crippen LogP contribution in [0.3, 0.4) is 0 Å². The molecule has 0 aromatic carbocycles. The number of hydrogen-bond donors (Lipinski definition) is 0. The average molecular weight is 439 g/mol. The highest BCUT2D eigenvalue weighted by molar-refractivity contribution is 7.99. The van der Waals surface area contributed by atoms with Gasteiger partial charge in [-0.25, -0.2) is 4.67 Å². The lowest BCUT2D eigenvalue weighted by molar-refractivity contribution is 0.177. The number of nitriles is 1. The van der Waals surface area contributed by atoms with Crippen LogP contribution in [0.1, 0.15) is 72.6 Å². The van der Waals surface area contributed by atoms with Gasteiger partial charge in [0, 0.05) is 24.9 Å². The van der Waals surface area contributed by atoms with Crippen LogP contribution in [0.15, 0.2) is 0 Å². The van der Waals surface area contributed by atoms with Gasteiger partial charge in [-0.2, -0.15) is 17.0 Å². The summed E-state index contributed by atoms with van der Waals surface area (Å²) in [5.74, 6) is 11.9. The van der Waals surface area contributed by atoms with E-state index in [1.54, 1.807) is 0 Å². The molecule has 0 radical (unpaired) electrons. The highest BCUT2D eigenvalue weighted by atomic mass is 32.2. The van der Waals surface area contributed by atoms with Crippen molar-refractivity contribution in [3.05, 3.63) is 0 Å². The zero-order chi connectivity index (χ0) is 21.1. The molecule has 2 aliphatic rings. The van der Waals surface area contributed by atoms with Gasteiger partial charge in [-0.15, -0.1) is 11.8 Å². The quantitative estimate of drug-likeness (QED) is 0.183. The van der Waals surface area contributed by atoms with E-state index < -0.39 is 8.53 Å². The predicted molar refractivity (Wildman–Crippen MR) is 124 cm³/mol. The fraction of sp³-hybridized carbons (Fsp3) is 0.870. The van der Waals surface area contributed by atoms with Gasteiger partial charge in [0.2, 0.25) is 0 Å². The highest BCUT2D eigenvalue weighted by Gasteiger charge is 2.47. The Morgan fingerprint density at radius 3 is 2.24 bits per heavy atom. The summed E-state index contributed by atoms with van der Waals surface area (Å²) < 4.78 is 14.4. The lowest BCUT2D eigenvalue weighted by atomic mass is 10.1. The molecule has 2 rings (SSSR count). The first-order valence-electron chi connectivity index (χ1n) is 11.3. The lowest BCUT2D eigenvalue weighted by Gasteiger charge is -2.35. The van der Waals surface area contributed by atoms with Crippen LogP contribution in [-0.2, 0) is 9.05 Å². The standard InChI is InChI=1S/C23H39N2O2PS/c1-19(2)25(20(3)4)28(26-15-9-14-24)27-16-10-17-29-18-13-23-21-11-7-5-6-8-12-22(21)23/h19-23H,7-13,15-18H2,1-4H3/t21-,22+,23?,28?. The van der Waals surface area contributed by atoms with Crippen molar-refractivity contribution in [3.63, 3.8) is 0 Å². The van der Waals surface area contributed by atoms with E-state index in [0.717, 1.165) is 49.4 Å². The molecule has 0 aromatic heterocycles. The SMILES string of the molecule is CC(C)N(C(C)C)P(OCCC#N)OCCCSCCC1[C@H]2CCC#CCC[C@@H]12. The van der Waals surface area contributed by atoms with E-state index in [2.05, 4.69) is 62.0 Å². The Bertz CT molecular complexity index is 543. The zero-order valence-electron chi connectivity index (χ0n) is 18.7. The second-order valence-electron chi connectivity index (χ2n) is 8.56. The second-order valence-corrected chi connectivity index (χ2v) is 11.2. The second kappa shape index (κ2) is 13.9. The number of nitrogens with zero attached hydrogens (tertiary/aromatic N) is 2. The number of fused-ring (bicyclic) bond motifs is 1. The summed E-state index contributed by atoms with van der Waals surface area (Å²) >= 11 is 2.07. The summed E-state index contributed by atoms with van der Waals surface area (Å²) in [5.41, 5.74) is 0. The van der Waals surface area contributed by atoms with Crippen LogP contribution in [0.25, 0.3) is 0 Å². The van der Waals surface area contributed by atoms with Gasteiger partial charge in [0.25, 0.3) is 8.53 Å². The van der Waals surface area contributed by atoms with Crippen molar-refractivity contribution >= 4 is 20.3 Å². The largest absolute Gasteiger partial charge is 0.322 e. The summed E-state index contributed by atoms with van der Waals surface area (Å²) in [7, 11) is -1.09. The first-order valence-corrected chi connectivity index (χ1v) is 13.6. The Morgan fingerprint density at radius 1 is 1.03 bits per heavy atom. The van der Waals surface area contributed by atoms with Crippen molar-refractivity contribution in [2.45, 2.75) is 84.7 Å². The van der Waals surface area contributed by atoms with Crippen LogP contribution in [0.4, 0.5) is 0 Å². The van der Waals surface area contributed by atoms with Crippen LogP contribution in [0, 0.1) is 40.9 Å². The van der Waals surface area contributed by atoms with Crippen molar-refractivity contribution in [2.75, 3.05) is 24.7 Å². The molecule has 29 heavy (non-hydrogen) atoms. The number of hydrogen-bond acceptors (Lipinski definition) is 5. The molecule has 0 N–H and O–H groups in total. The fourth-order valence-corrected chi connectivity index (χ4v) is 6.99. The maximum atomic E-state index is 8.79. The Kier molecular flexibility index (Phi) is 12.0. The van der Waals surface area contributed by atoms with Crippen LogP contribution in [0.5, 0.6) is 0 Å². The Labute approximate surface area is 184 Å². The number of rotatable bonds is 14. The normalized spacial score (nSPS) is 24.4. The minimum atomic E-state index is -1.09. The summed E-state index contributed by atoms with van der Waals surface area (Å²) in [5, 5.41) is 8.79. The minimum absolute atomic E-state index is 0.360. The van der Waals surface area contributed by atoms with E-state index in [1.165, 1.54) is 25.0 Å². The smallest absolute Gasteiger partial charge is 0.259 e. The van der Waals surface area contributed by atoms with Gasteiger partial charge in [-0.05, 0) is 82.6 Å². The van der Waals surface area contributed by atoms with Crippen molar-refractivity contribution in [2.24, 2.45) is 17.8 Å². The van der Waals surface area contributed by atoms with E-state index in [9.17, 15) is 0 Å². The molecule has 164 valence electrons. The molecule has 0 spiro atoms. The van der Waals surface area contributed by atoms with Crippen LogP contribution >= 0.6 is 20.3 Å². The van der Waals surface area contributed by atoms with Gasteiger partial charge in [0.1, 0.15) is 0 Å². The van der Waals surface area contributed by atoms with Crippen LogP contribution in [-0.4, -0.2) is 41.5 Å². The summed E-state index contributed by atoms with van der Waals surface area (Å²) in [6.45, 7) is 9.87. The molecular weight excluding hydrogens is 399 g/mol. The molecule has 2 unspecified atom stereocenters. The molecular formula is C23H39N2O2PS. The van der Waals surface area contributed by atoms with E-state index in [0.29, 0.717) is 25.1 Å². The van der Waals surface area contributed by atoms with Crippen LogP contribution in [0.2, 0.25) is 0 Å². The third kappa shape index (κ3) is 8.77. The van der Waals surface area contributed by atoms with E-state index in [-0.39, 0.29) is 0 Å². The van der Waals surface area contributed by atoms with E-state index in [4.69, 9.17) is 14.3 Å². The third-order valence-corrected chi connectivity index (χ3v) is 8.94. The Morgan fingerprint density at radius 2 is 1.66 bits per heavy atom. The lowest BCUT2D eigenvalue weighted by Crippen LogP contribution is -2.33. The average Bonchev–Trinajstić information content (AvgIpc) is 3.29. The monoisotopic (exact) mass is 438 g/mol. The highest BCUT2D eigenvalue weighted by Crippen LogP contribution is 2.54. The molecule has 0 aliphatic heterocycles. The first kappa shape index (κ1) is 25.0. The van der Waals surface area contributed by atoms with E-state index >= 15 is 0 Å². The van der Waals surface area contributed by atoms with Crippen molar-refractivity contribution in [3.8, 4) is 17.9 Å². The Balaban J connectivity index is 1.59. The molecule has 1 fully saturated rings. The van der Waals surface area contributed by atoms with Gasteiger partial charge in [-0.1, -0.05) is 0 Å². The van der Waals surface area contributed by atoms with Gasteiger partial charge >= 0.3 is 0 Å². The topological polar surface area (TPSA) is 45.5 Å². The minimum Gasteiger partial charge on any atom is -0.322 e. The van der Waals surface area contributed by atoms with Crippen molar-refractivity contribution in [1.82, 2.24) is 4.67 Å². The van der Waals surface area contributed by atoms with Crippen molar-refractivity contribution < 1.29 is 9.05 Å². The molecule has 1 saturated carbocycles. The number of thioether (sulfide) groups is 1. The van der Waals surface area contributed by atoms with Gasteiger partial charge in [0.05, 0.1) is 25.7 Å². The Hall–Kier alpha value is -0.290. The molecule has 0 heterocycles. The first-order chi connectivity index (χ1) is 14.1. The molecule has 0 aromatic rings. The molecule has 4 atom stereocenters. The summed E-state index contributed by atoms with van der Waals surface area (Å²) in [4.78, 5) is 0. The molecule has 2 aliphatic carbocycles. The summed E-state index contributed by atoms with van der Waals surface area (Å²) in [6, 6.07) is 2.87. The molecule has 0 bridgehead atoms. The van der Waals surface area contributed by atoms with Crippen LogP contribution < -0.4 is 0 Å². The van der Waals surface area contributed by atoms with E-state index in [1.807, 2.05) is 0 Å². The third-order valence-electron chi connectivity index (χ3n) is 5.73. The maximum Gasteiger partial charge on any atom is 0.259 e. The van der Waals surface area contributed by atoms with Crippen molar-refractivity contribution in [1.29, 1.82) is 5.26 Å². The fourth-order valence-electron chi connectivity index (χ4n) is 4.40. The molecule has 0 saturated heterocycles. The predicted octanol–water partition coefficient (Wildman–Crippen LogP) is 6.23. The van der Waals surface area contributed by atoms with Gasteiger partial charge in [-0.3, -0.25) is 0 Å². The molecule has 6 heteroatoms. The van der Waals surface area contributed by atoms with Gasteiger partial charge in [0.15, 0.2) is 0 Å². The maximum absolute atomic E-state index is 8.79.